The number of hydrogen-bond acceptors (Lipinski definition) is 3. The van der Waals surface area contributed by atoms with Crippen LogP contribution in [0.4, 0.5) is 0 Å². The lowest BCUT2D eigenvalue weighted by Gasteiger charge is -2.42. The molecule has 0 bridgehead atoms. The third kappa shape index (κ3) is 2.67. The fourth-order valence-electron chi connectivity index (χ4n) is 2.74. The standard InChI is InChI=1S/C12H23NS2/c1-3-10-12(15-8-7-14-10)11(13-2)9-5-4-6-9/h9-13H,3-8H2,1-2H3. The molecule has 0 radical (unpaired) electrons. The van der Waals surface area contributed by atoms with Gasteiger partial charge in [-0.1, -0.05) is 13.3 Å². The van der Waals surface area contributed by atoms with E-state index in [2.05, 4.69) is 42.8 Å². The van der Waals surface area contributed by atoms with Crippen molar-refractivity contribution in [2.75, 3.05) is 18.6 Å². The second kappa shape index (κ2) is 5.83. The maximum absolute atomic E-state index is 3.60. The molecule has 1 heterocycles. The van der Waals surface area contributed by atoms with Crippen molar-refractivity contribution in [2.45, 2.75) is 49.1 Å². The van der Waals surface area contributed by atoms with Crippen LogP contribution in [-0.4, -0.2) is 35.1 Å². The van der Waals surface area contributed by atoms with Crippen molar-refractivity contribution in [3.05, 3.63) is 0 Å². The Bertz CT molecular complexity index is 194. The Morgan fingerprint density at radius 1 is 1.27 bits per heavy atom. The van der Waals surface area contributed by atoms with Gasteiger partial charge in [0.25, 0.3) is 0 Å². The molecule has 88 valence electrons. The van der Waals surface area contributed by atoms with Crippen LogP contribution < -0.4 is 5.32 Å². The van der Waals surface area contributed by atoms with Gasteiger partial charge in [-0.15, -0.1) is 0 Å². The molecule has 3 atom stereocenters. The van der Waals surface area contributed by atoms with Gasteiger partial charge in [-0.25, -0.2) is 0 Å². The zero-order valence-corrected chi connectivity index (χ0v) is 11.5. The van der Waals surface area contributed by atoms with Crippen molar-refractivity contribution in [3.63, 3.8) is 0 Å². The number of rotatable bonds is 4. The Kier molecular flexibility index (Phi) is 4.71. The highest BCUT2D eigenvalue weighted by atomic mass is 32.2. The highest BCUT2D eigenvalue weighted by molar-refractivity contribution is 8.07. The summed E-state index contributed by atoms with van der Waals surface area (Å²) in [6.45, 7) is 2.35. The van der Waals surface area contributed by atoms with Crippen molar-refractivity contribution < 1.29 is 0 Å². The Morgan fingerprint density at radius 3 is 2.53 bits per heavy atom. The van der Waals surface area contributed by atoms with Crippen LogP contribution in [0.25, 0.3) is 0 Å². The fraction of sp³-hybridized carbons (Fsp3) is 1.00. The highest BCUT2D eigenvalue weighted by Crippen LogP contribution is 2.41. The first-order valence-electron chi connectivity index (χ1n) is 6.27. The third-order valence-corrected chi connectivity index (χ3v) is 7.21. The van der Waals surface area contributed by atoms with Crippen molar-refractivity contribution >= 4 is 23.5 Å². The van der Waals surface area contributed by atoms with Crippen LogP contribution >= 0.6 is 23.5 Å². The number of thioether (sulfide) groups is 2. The summed E-state index contributed by atoms with van der Waals surface area (Å²) in [5, 5.41) is 5.36. The van der Waals surface area contributed by atoms with Crippen LogP contribution in [0.15, 0.2) is 0 Å². The average molecular weight is 245 g/mol. The first kappa shape index (κ1) is 12.1. The number of hydrogen-bond donors (Lipinski definition) is 1. The van der Waals surface area contributed by atoms with E-state index in [1.54, 1.807) is 0 Å². The van der Waals surface area contributed by atoms with Gasteiger partial charge >= 0.3 is 0 Å². The summed E-state index contributed by atoms with van der Waals surface area (Å²) in [7, 11) is 2.16. The lowest BCUT2D eigenvalue weighted by Crippen LogP contribution is -2.49. The predicted molar refractivity (Wildman–Crippen MR) is 73.0 cm³/mol. The van der Waals surface area contributed by atoms with E-state index in [1.165, 1.54) is 37.2 Å². The van der Waals surface area contributed by atoms with Gasteiger partial charge in [0.05, 0.1) is 0 Å². The summed E-state index contributed by atoms with van der Waals surface area (Å²) >= 11 is 4.43. The van der Waals surface area contributed by atoms with Crippen LogP contribution in [0.2, 0.25) is 0 Å². The molecule has 0 amide bonds. The van der Waals surface area contributed by atoms with Gasteiger partial charge < -0.3 is 5.32 Å². The zero-order valence-electron chi connectivity index (χ0n) is 9.87. The van der Waals surface area contributed by atoms with Gasteiger partial charge in [-0.05, 0) is 32.2 Å². The molecule has 1 aliphatic heterocycles. The van der Waals surface area contributed by atoms with Gasteiger partial charge in [-0.3, -0.25) is 0 Å². The molecule has 0 aromatic carbocycles. The lowest BCUT2D eigenvalue weighted by molar-refractivity contribution is 0.231. The molecule has 15 heavy (non-hydrogen) atoms. The van der Waals surface area contributed by atoms with Crippen molar-refractivity contribution in [2.24, 2.45) is 5.92 Å². The van der Waals surface area contributed by atoms with E-state index in [1.807, 2.05) is 0 Å². The van der Waals surface area contributed by atoms with Gasteiger partial charge in [0.2, 0.25) is 0 Å². The molecule has 2 rings (SSSR count). The van der Waals surface area contributed by atoms with E-state index in [4.69, 9.17) is 0 Å². The zero-order chi connectivity index (χ0) is 10.7. The highest BCUT2D eigenvalue weighted by Gasteiger charge is 2.37. The molecule has 0 spiro atoms. The molecule has 1 saturated heterocycles. The smallest absolute Gasteiger partial charge is 0.0322 e. The summed E-state index contributed by atoms with van der Waals surface area (Å²) in [6.07, 6.45) is 5.73. The maximum Gasteiger partial charge on any atom is 0.0322 e. The fourth-order valence-corrected chi connectivity index (χ4v) is 6.12. The summed E-state index contributed by atoms with van der Waals surface area (Å²) in [5.41, 5.74) is 0. The second-order valence-electron chi connectivity index (χ2n) is 4.66. The molecular weight excluding hydrogens is 222 g/mol. The number of nitrogens with one attached hydrogen (secondary N) is 1. The van der Waals surface area contributed by atoms with E-state index in [0.717, 1.165) is 22.5 Å². The summed E-state index contributed by atoms with van der Waals surface area (Å²) < 4.78 is 0. The molecule has 1 aliphatic carbocycles. The Labute approximate surface area is 103 Å². The van der Waals surface area contributed by atoms with E-state index in [9.17, 15) is 0 Å². The van der Waals surface area contributed by atoms with Gasteiger partial charge in [0.15, 0.2) is 0 Å². The van der Waals surface area contributed by atoms with Crippen LogP contribution in [0, 0.1) is 5.92 Å². The van der Waals surface area contributed by atoms with E-state index < -0.39 is 0 Å². The normalized spacial score (nSPS) is 34.8. The van der Waals surface area contributed by atoms with Crippen LogP contribution in [-0.2, 0) is 0 Å². The molecule has 1 nitrogen and oxygen atoms in total. The average Bonchev–Trinajstić information content (AvgIpc) is 2.23. The minimum Gasteiger partial charge on any atom is -0.316 e. The summed E-state index contributed by atoms with van der Waals surface area (Å²) in [5.74, 6) is 3.69. The predicted octanol–water partition coefficient (Wildman–Crippen LogP) is 3.00. The summed E-state index contributed by atoms with van der Waals surface area (Å²) in [4.78, 5) is 0. The molecule has 1 N–H and O–H groups in total. The van der Waals surface area contributed by atoms with Gasteiger partial charge in [0.1, 0.15) is 0 Å². The van der Waals surface area contributed by atoms with E-state index in [-0.39, 0.29) is 0 Å². The van der Waals surface area contributed by atoms with Gasteiger partial charge in [0, 0.05) is 28.0 Å². The molecule has 1 saturated carbocycles. The lowest BCUT2D eigenvalue weighted by atomic mass is 9.78. The summed E-state index contributed by atoms with van der Waals surface area (Å²) in [6, 6.07) is 0.779. The van der Waals surface area contributed by atoms with E-state index in [0.29, 0.717) is 0 Å². The first-order chi connectivity index (χ1) is 7.36. The SMILES string of the molecule is CCC1SCCSC1C(NC)C1CCC1. The molecule has 3 unspecified atom stereocenters. The maximum atomic E-state index is 3.60. The Balaban J connectivity index is 1.97. The Morgan fingerprint density at radius 2 is 2.00 bits per heavy atom. The molecule has 3 heteroatoms. The first-order valence-corrected chi connectivity index (χ1v) is 8.37. The molecule has 2 aliphatic rings. The topological polar surface area (TPSA) is 12.0 Å². The molecular formula is C12H23NS2. The second-order valence-corrected chi connectivity index (χ2v) is 7.29. The quantitative estimate of drug-likeness (QED) is 0.818. The van der Waals surface area contributed by atoms with Crippen LogP contribution in [0.1, 0.15) is 32.6 Å². The largest absolute Gasteiger partial charge is 0.316 e. The van der Waals surface area contributed by atoms with Crippen molar-refractivity contribution in [3.8, 4) is 0 Å². The molecule has 0 aromatic rings. The van der Waals surface area contributed by atoms with Gasteiger partial charge in [-0.2, -0.15) is 23.5 Å². The molecule has 0 aromatic heterocycles. The molecule has 2 fully saturated rings. The van der Waals surface area contributed by atoms with Crippen LogP contribution in [0.5, 0.6) is 0 Å². The minimum atomic E-state index is 0.779. The van der Waals surface area contributed by atoms with E-state index >= 15 is 0 Å². The monoisotopic (exact) mass is 245 g/mol. The van der Waals surface area contributed by atoms with Crippen molar-refractivity contribution in [1.82, 2.24) is 5.32 Å². The van der Waals surface area contributed by atoms with Crippen molar-refractivity contribution in [1.29, 1.82) is 0 Å². The Hall–Kier alpha value is 0.660. The minimum absolute atomic E-state index is 0.779. The third-order valence-electron chi connectivity index (χ3n) is 3.84. The van der Waals surface area contributed by atoms with Crippen LogP contribution in [0.3, 0.4) is 0 Å².